The molecule has 37 heavy (non-hydrogen) atoms. The standard InChI is InChI=1S/C16H9F6N7O6S2/c17-15(18,19)36(31,32)29-8-3-1-2-7(6(8)4-26-29)28-12(23)10(13(24)30)11-14(28)25-5-9(27-11)35-37(33,34)16(20,21)22/h1-5H,23H2,(H2,24,30). The summed E-state index contributed by atoms with van der Waals surface area (Å²) in [4.78, 5) is 19.3. The number of rotatable bonds is 5. The largest absolute Gasteiger partial charge is 0.534 e. The van der Waals surface area contributed by atoms with E-state index in [1.165, 1.54) is 6.07 Å². The van der Waals surface area contributed by atoms with Gasteiger partial charge in [-0.15, -0.1) is 4.09 Å². The van der Waals surface area contributed by atoms with Crippen LogP contribution in [0.5, 0.6) is 5.88 Å². The third-order valence-electron chi connectivity index (χ3n) is 4.72. The molecule has 198 valence electrons. The molecule has 1 amide bonds. The molecule has 0 saturated heterocycles. The van der Waals surface area contributed by atoms with Crippen LogP contribution in [0.3, 0.4) is 0 Å². The molecule has 0 aliphatic rings. The van der Waals surface area contributed by atoms with Crippen molar-refractivity contribution >= 4 is 53.9 Å². The number of anilines is 1. The Balaban J connectivity index is 1.99. The fourth-order valence-electron chi connectivity index (χ4n) is 3.23. The molecule has 0 spiro atoms. The molecule has 0 radical (unpaired) electrons. The van der Waals surface area contributed by atoms with Gasteiger partial charge >= 0.3 is 31.2 Å². The quantitative estimate of drug-likeness (QED) is 0.200. The Bertz CT molecular complexity index is 1810. The number of benzene rings is 1. The fraction of sp³-hybridized carbons (Fsp3) is 0.125. The first-order chi connectivity index (χ1) is 16.9. The summed E-state index contributed by atoms with van der Waals surface area (Å²) < 4.78 is 128. The van der Waals surface area contributed by atoms with Crippen molar-refractivity contribution in [1.82, 2.24) is 23.7 Å². The van der Waals surface area contributed by atoms with E-state index in [2.05, 4.69) is 19.2 Å². The Hall–Kier alpha value is -4.14. The maximum Gasteiger partial charge on any atom is 0.534 e. The third kappa shape index (κ3) is 3.94. The number of halogens is 6. The summed E-state index contributed by atoms with van der Waals surface area (Å²) in [7, 11) is -12.1. The van der Waals surface area contributed by atoms with E-state index < -0.39 is 71.0 Å². The zero-order chi connectivity index (χ0) is 27.7. The van der Waals surface area contributed by atoms with E-state index in [0.717, 1.165) is 22.9 Å². The first-order valence-electron chi connectivity index (χ1n) is 9.15. The summed E-state index contributed by atoms with van der Waals surface area (Å²) in [5.74, 6) is -3.09. The highest BCUT2D eigenvalue weighted by Gasteiger charge is 2.49. The summed E-state index contributed by atoms with van der Waals surface area (Å²) >= 11 is 0. The second-order valence-electron chi connectivity index (χ2n) is 6.97. The van der Waals surface area contributed by atoms with Gasteiger partial charge in [-0.3, -0.25) is 9.36 Å². The van der Waals surface area contributed by atoms with Crippen LogP contribution in [0.15, 0.2) is 30.6 Å². The van der Waals surface area contributed by atoms with Crippen molar-refractivity contribution < 1.29 is 52.2 Å². The first-order valence-corrected chi connectivity index (χ1v) is 12.0. The van der Waals surface area contributed by atoms with Gasteiger partial charge in [0.25, 0.3) is 11.8 Å². The number of carbonyl (C=O) groups is 1. The summed E-state index contributed by atoms with van der Waals surface area (Å²) in [6, 6.07) is 3.29. The van der Waals surface area contributed by atoms with Gasteiger partial charge in [-0.2, -0.15) is 48.3 Å². The Morgan fingerprint density at radius 3 is 2.22 bits per heavy atom. The van der Waals surface area contributed by atoms with Gasteiger partial charge in [0.15, 0.2) is 5.65 Å². The molecule has 4 aromatic rings. The Kier molecular flexibility index (Phi) is 5.56. The van der Waals surface area contributed by atoms with E-state index in [9.17, 15) is 48.0 Å². The topological polar surface area (TPSA) is 195 Å². The normalized spacial score (nSPS) is 13.4. The molecule has 0 unspecified atom stereocenters. The van der Waals surface area contributed by atoms with Crippen molar-refractivity contribution in [2.45, 2.75) is 11.0 Å². The summed E-state index contributed by atoms with van der Waals surface area (Å²) in [6.07, 6.45) is 1.17. The van der Waals surface area contributed by atoms with Gasteiger partial charge in [0.05, 0.1) is 23.6 Å². The molecular formula is C16H9F6N7O6S2. The Morgan fingerprint density at radius 2 is 1.65 bits per heavy atom. The smallest absolute Gasteiger partial charge is 0.384 e. The van der Waals surface area contributed by atoms with Crippen LogP contribution in [0.2, 0.25) is 0 Å². The van der Waals surface area contributed by atoms with E-state index in [4.69, 9.17) is 11.5 Å². The lowest BCUT2D eigenvalue weighted by Gasteiger charge is -2.11. The number of alkyl halides is 6. The minimum atomic E-state index is -6.18. The molecule has 0 aliphatic carbocycles. The third-order valence-corrected chi connectivity index (χ3v) is 7.01. The highest BCUT2D eigenvalue weighted by Crippen LogP contribution is 2.35. The molecule has 3 aromatic heterocycles. The Labute approximate surface area is 200 Å². The molecule has 0 aliphatic heterocycles. The average Bonchev–Trinajstić information content (AvgIpc) is 3.30. The minimum Gasteiger partial charge on any atom is -0.384 e. The van der Waals surface area contributed by atoms with E-state index in [1.807, 2.05) is 0 Å². The number of carbonyl (C=O) groups excluding carboxylic acids is 1. The zero-order valence-corrected chi connectivity index (χ0v) is 18.9. The number of fused-ring (bicyclic) bond motifs is 2. The van der Waals surface area contributed by atoms with Crippen molar-refractivity contribution in [2.75, 3.05) is 5.73 Å². The van der Waals surface area contributed by atoms with Gasteiger partial charge in [-0.25, -0.2) is 9.97 Å². The number of primary amides is 1. The van der Waals surface area contributed by atoms with Gasteiger partial charge in [0.1, 0.15) is 16.9 Å². The lowest BCUT2D eigenvalue weighted by Crippen LogP contribution is -2.30. The highest BCUT2D eigenvalue weighted by atomic mass is 32.2. The first kappa shape index (κ1) is 25.9. The monoisotopic (exact) mass is 573 g/mol. The maximum atomic E-state index is 13.1. The van der Waals surface area contributed by atoms with Gasteiger partial charge in [0.2, 0.25) is 0 Å². The summed E-state index contributed by atoms with van der Waals surface area (Å²) in [5.41, 5.74) is -2.77. The van der Waals surface area contributed by atoms with Crippen molar-refractivity contribution in [2.24, 2.45) is 5.73 Å². The van der Waals surface area contributed by atoms with Crippen molar-refractivity contribution in [1.29, 1.82) is 0 Å². The van der Waals surface area contributed by atoms with Crippen molar-refractivity contribution in [3.8, 4) is 11.6 Å². The molecule has 0 bridgehead atoms. The number of amides is 1. The predicted molar refractivity (Wildman–Crippen MR) is 111 cm³/mol. The van der Waals surface area contributed by atoms with Crippen molar-refractivity contribution in [3.05, 3.63) is 36.2 Å². The number of aromatic nitrogens is 5. The van der Waals surface area contributed by atoms with Crippen LogP contribution in [-0.4, -0.2) is 57.5 Å². The number of hydrogen-bond acceptors (Lipinski definition) is 10. The molecule has 4 N–H and O–H groups in total. The van der Waals surface area contributed by atoms with Crippen molar-refractivity contribution in [3.63, 3.8) is 0 Å². The van der Waals surface area contributed by atoms with Crippen LogP contribution in [0.1, 0.15) is 10.4 Å². The summed E-state index contributed by atoms with van der Waals surface area (Å²) in [6.45, 7) is 0. The van der Waals surface area contributed by atoms with Crippen LogP contribution < -0.4 is 15.7 Å². The predicted octanol–water partition coefficient (Wildman–Crippen LogP) is 1.38. The SMILES string of the molecule is NC(=O)c1c(N)n(-c2cccc3c2cnn3S(=O)(=O)C(F)(F)F)c2ncc(OS(=O)(=O)C(F)(F)F)nc12. The second-order valence-corrected chi connectivity index (χ2v) is 10.3. The molecule has 1 aromatic carbocycles. The van der Waals surface area contributed by atoms with Gasteiger partial charge < -0.3 is 15.7 Å². The molecule has 4 rings (SSSR count). The Morgan fingerprint density at radius 1 is 1.00 bits per heavy atom. The molecular weight excluding hydrogens is 564 g/mol. The van der Waals surface area contributed by atoms with E-state index in [1.54, 1.807) is 0 Å². The van der Waals surface area contributed by atoms with E-state index >= 15 is 0 Å². The van der Waals surface area contributed by atoms with Gasteiger partial charge in [-0.1, -0.05) is 6.07 Å². The van der Waals surface area contributed by atoms with Crippen LogP contribution in [0, 0.1) is 0 Å². The molecule has 0 fully saturated rings. The van der Waals surface area contributed by atoms with Crippen LogP contribution in [-0.2, 0) is 20.1 Å². The fourth-order valence-corrected chi connectivity index (χ4v) is 4.41. The molecule has 0 atom stereocenters. The van der Waals surface area contributed by atoms with Gasteiger partial charge in [-0.05, 0) is 12.1 Å². The zero-order valence-electron chi connectivity index (χ0n) is 17.3. The van der Waals surface area contributed by atoms with Crippen LogP contribution in [0.4, 0.5) is 32.2 Å². The van der Waals surface area contributed by atoms with E-state index in [-0.39, 0.29) is 15.2 Å². The molecule has 21 heteroatoms. The number of nitrogen functional groups attached to an aromatic ring is 1. The lowest BCUT2D eigenvalue weighted by molar-refractivity contribution is -0.0502. The number of hydrogen-bond donors (Lipinski definition) is 2. The average molecular weight is 573 g/mol. The molecule has 0 saturated carbocycles. The lowest BCUT2D eigenvalue weighted by atomic mass is 10.2. The highest BCUT2D eigenvalue weighted by molar-refractivity contribution is 7.90. The van der Waals surface area contributed by atoms with Crippen LogP contribution >= 0.6 is 0 Å². The van der Waals surface area contributed by atoms with E-state index in [0.29, 0.717) is 6.20 Å². The molecule has 3 heterocycles. The van der Waals surface area contributed by atoms with Crippen LogP contribution in [0.25, 0.3) is 27.8 Å². The number of nitrogens with two attached hydrogens (primary N) is 2. The summed E-state index contributed by atoms with van der Waals surface area (Å²) in [5, 5.41) is 3.03. The number of nitrogens with zero attached hydrogens (tertiary/aromatic N) is 5. The maximum absolute atomic E-state index is 13.1. The molecule has 13 nitrogen and oxygen atoms in total. The van der Waals surface area contributed by atoms with Gasteiger partial charge in [0, 0.05) is 5.39 Å². The minimum absolute atomic E-state index is 0.193. The second kappa shape index (κ2) is 7.93.